The van der Waals surface area contributed by atoms with Crippen LogP contribution in [0.1, 0.15) is 26.2 Å². The third kappa shape index (κ3) is 2.09. The maximum absolute atomic E-state index is 11.1. The molecule has 0 aliphatic heterocycles. The number of hydrogen-bond donors (Lipinski definition) is 1. The molecule has 1 saturated carbocycles. The highest BCUT2D eigenvalue weighted by Crippen LogP contribution is 2.32. The number of carbonyl (C=O) groups excluding carboxylic acids is 1. The number of rotatable bonds is 3. The highest BCUT2D eigenvalue weighted by Gasteiger charge is 2.30. The predicted octanol–water partition coefficient (Wildman–Crippen LogP) is 1.53. The zero-order chi connectivity index (χ0) is 8.27. The molecule has 0 heterocycles. The molecule has 1 N–H and O–H groups in total. The third-order valence-electron chi connectivity index (χ3n) is 2.17. The molecular weight excluding hydrogens is 162 g/mol. The van der Waals surface area contributed by atoms with E-state index in [4.69, 9.17) is 11.6 Å². The van der Waals surface area contributed by atoms with Crippen LogP contribution in [0.25, 0.3) is 0 Å². The first-order valence-electron chi connectivity index (χ1n) is 4.17. The Labute approximate surface area is 72.3 Å². The summed E-state index contributed by atoms with van der Waals surface area (Å²) in [6, 6.07) is 0. The Morgan fingerprint density at radius 3 is 2.73 bits per heavy atom. The van der Waals surface area contributed by atoms with E-state index in [0.717, 1.165) is 12.8 Å². The summed E-state index contributed by atoms with van der Waals surface area (Å²) < 4.78 is 0. The van der Waals surface area contributed by atoms with Gasteiger partial charge in [0.1, 0.15) is 5.38 Å². The predicted molar refractivity (Wildman–Crippen MR) is 45.7 cm³/mol. The zero-order valence-electron chi connectivity index (χ0n) is 6.77. The number of hydrogen-bond acceptors (Lipinski definition) is 1. The highest BCUT2D eigenvalue weighted by molar-refractivity contribution is 6.31. The van der Waals surface area contributed by atoms with Crippen molar-refractivity contribution >= 4 is 17.5 Å². The fraction of sp³-hybridized carbons (Fsp3) is 0.875. The lowest BCUT2D eigenvalue weighted by atomic mass is 9.82. The first-order valence-corrected chi connectivity index (χ1v) is 4.61. The van der Waals surface area contributed by atoms with Gasteiger partial charge in [0, 0.05) is 6.54 Å². The van der Waals surface area contributed by atoms with Crippen LogP contribution in [0.3, 0.4) is 0 Å². The molecule has 0 saturated heterocycles. The summed E-state index contributed by atoms with van der Waals surface area (Å²) in [5, 5.41) is 2.44. The van der Waals surface area contributed by atoms with Gasteiger partial charge in [-0.3, -0.25) is 4.79 Å². The molecule has 0 aromatic heterocycles. The van der Waals surface area contributed by atoms with E-state index in [9.17, 15) is 4.79 Å². The minimum Gasteiger partial charge on any atom is -0.355 e. The second-order valence-corrected chi connectivity index (χ2v) is 3.46. The lowest BCUT2D eigenvalue weighted by molar-refractivity contribution is -0.122. The first kappa shape index (κ1) is 8.85. The third-order valence-corrected chi connectivity index (χ3v) is 2.72. The average molecular weight is 176 g/mol. The Kier molecular flexibility index (Phi) is 3.18. The monoisotopic (exact) mass is 175 g/mol. The number of halogens is 1. The van der Waals surface area contributed by atoms with Gasteiger partial charge in [0.25, 0.3) is 0 Å². The molecule has 0 aromatic carbocycles. The Morgan fingerprint density at radius 1 is 1.73 bits per heavy atom. The van der Waals surface area contributed by atoms with E-state index in [-0.39, 0.29) is 11.3 Å². The average Bonchev–Trinajstić information content (AvgIpc) is 1.84. The molecule has 1 rings (SSSR count). The number of alkyl halides is 1. The van der Waals surface area contributed by atoms with Gasteiger partial charge >= 0.3 is 0 Å². The van der Waals surface area contributed by atoms with Crippen LogP contribution in [0.5, 0.6) is 0 Å². The quantitative estimate of drug-likeness (QED) is 0.648. The van der Waals surface area contributed by atoms with Crippen molar-refractivity contribution in [2.75, 3.05) is 6.54 Å². The maximum Gasteiger partial charge on any atom is 0.238 e. The van der Waals surface area contributed by atoms with E-state index >= 15 is 0 Å². The summed E-state index contributed by atoms with van der Waals surface area (Å²) in [5.41, 5.74) is 0. The van der Waals surface area contributed by atoms with E-state index in [2.05, 4.69) is 5.32 Å². The standard InChI is InChI=1S/C8H14ClNO/c1-2-10-8(11)7(9)6-4-3-5-6/h6-7H,2-5H2,1H3,(H,10,11). The normalized spacial score (nSPS) is 20.5. The van der Waals surface area contributed by atoms with Gasteiger partial charge in [-0.2, -0.15) is 0 Å². The smallest absolute Gasteiger partial charge is 0.238 e. The molecule has 0 spiro atoms. The molecule has 1 unspecified atom stereocenters. The van der Waals surface area contributed by atoms with E-state index in [1.807, 2.05) is 6.92 Å². The van der Waals surface area contributed by atoms with Crippen LogP contribution < -0.4 is 5.32 Å². The maximum atomic E-state index is 11.1. The van der Waals surface area contributed by atoms with Crippen molar-refractivity contribution in [2.24, 2.45) is 5.92 Å². The summed E-state index contributed by atoms with van der Waals surface area (Å²) in [5.74, 6) is 0.432. The Hall–Kier alpha value is -0.240. The van der Waals surface area contributed by atoms with Gasteiger partial charge in [0.05, 0.1) is 0 Å². The molecule has 0 radical (unpaired) electrons. The second-order valence-electron chi connectivity index (χ2n) is 2.99. The molecule has 1 aliphatic carbocycles. The van der Waals surface area contributed by atoms with Crippen molar-refractivity contribution < 1.29 is 4.79 Å². The molecule has 1 aliphatic rings. The van der Waals surface area contributed by atoms with Crippen LogP contribution in [-0.2, 0) is 4.79 Å². The van der Waals surface area contributed by atoms with E-state index < -0.39 is 0 Å². The molecule has 3 heteroatoms. The molecule has 64 valence electrons. The van der Waals surface area contributed by atoms with Gasteiger partial charge in [-0.05, 0) is 25.7 Å². The van der Waals surface area contributed by atoms with E-state index in [1.54, 1.807) is 0 Å². The number of amides is 1. The summed E-state index contributed by atoms with van der Waals surface area (Å²) in [7, 11) is 0. The molecule has 2 nitrogen and oxygen atoms in total. The lowest BCUT2D eigenvalue weighted by Crippen LogP contribution is -2.38. The molecule has 0 bridgehead atoms. The summed E-state index contributed by atoms with van der Waals surface area (Å²) >= 11 is 5.90. The van der Waals surface area contributed by atoms with Crippen LogP contribution in [0, 0.1) is 5.92 Å². The fourth-order valence-electron chi connectivity index (χ4n) is 1.22. The lowest BCUT2D eigenvalue weighted by Gasteiger charge is -2.28. The SMILES string of the molecule is CCNC(=O)C(Cl)C1CCC1. The van der Waals surface area contributed by atoms with Crippen LogP contribution in [0.4, 0.5) is 0 Å². The molecular formula is C8H14ClNO. The summed E-state index contributed by atoms with van der Waals surface area (Å²) in [4.78, 5) is 11.1. The summed E-state index contributed by atoms with van der Waals surface area (Å²) in [6.07, 6.45) is 3.46. The van der Waals surface area contributed by atoms with Crippen molar-refractivity contribution in [3.05, 3.63) is 0 Å². The van der Waals surface area contributed by atoms with Crippen LogP contribution >= 0.6 is 11.6 Å². The van der Waals surface area contributed by atoms with Gasteiger partial charge < -0.3 is 5.32 Å². The van der Waals surface area contributed by atoms with Crippen LogP contribution in [-0.4, -0.2) is 17.8 Å². The Morgan fingerprint density at radius 2 is 2.36 bits per heavy atom. The Bertz CT molecular complexity index is 145. The molecule has 1 fully saturated rings. The molecule has 1 amide bonds. The Balaban J connectivity index is 2.27. The van der Waals surface area contributed by atoms with Crippen molar-refractivity contribution in [3.63, 3.8) is 0 Å². The summed E-state index contributed by atoms with van der Waals surface area (Å²) in [6.45, 7) is 2.58. The van der Waals surface area contributed by atoms with Crippen molar-refractivity contribution in [3.8, 4) is 0 Å². The largest absolute Gasteiger partial charge is 0.355 e. The van der Waals surface area contributed by atoms with Gasteiger partial charge in [-0.25, -0.2) is 0 Å². The topological polar surface area (TPSA) is 29.1 Å². The number of nitrogens with one attached hydrogen (secondary N) is 1. The second kappa shape index (κ2) is 3.96. The van der Waals surface area contributed by atoms with E-state index in [1.165, 1.54) is 6.42 Å². The minimum atomic E-state index is -0.288. The van der Waals surface area contributed by atoms with Gasteiger partial charge in [0.15, 0.2) is 0 Å². The van der Waals surface area contributed by atoms with Gasteiger partial charge in [0.2, 0.25) is 5.91 Å². The van der Waals surface area contributed by atoms with Crippen LogP contribution in [0.2, 0.25) is 0 Å². The minimum absolute atomic E-state index is 0.00105. The highest BCUT2D eigenvalue weighted by atomic mass is 35.5. The van der Waals surface area contributed by atoms with E-state index in [0.29, 0.717) is 12.5 Å². The zero-order valence-corrected chi connectivity index (χ0v) is 7.53. The van der Waals surface area contributed by atoms with Crippen molar-refractivity contribution in [2.45, 2.75) is 31.6 Å². The molecule has 11 heavy (non-hydrogen) atoms. The first-order chi connectivity index (χ1) is 5.25. The van der Waals surface area contributed by atoms with Crippen molar-refractivity contribution in [1.29, 1.82) is 0 Å². The molecule has 1 atom stereocenters. The van der Waals surface area contributed by atoms with Crippen LogP contribution in [0.15, 0.2) is 0 Å². The van der Waals surface area contributed by atoms with Gasteiger partial charge in [-0.15, -0.1) is 11.6 Å². The molecule has 0 aromatic rings. The van der Waals surface area contributed by atoms with Gasteiger partial charge in [-0.1, -0.05) is 6.42 Å². The number of carbonyl (C=O) groups is 1. The fourth-order valence-corrected chi connectivity index (χ4v) is 1.55. The van der Waals surface area contributed by atoms with Crippen molar-refractivity contribution in [1.82, 2.24) is 5.32 Å².